The molecule has 0 saturated carbocycles. The maximum atomic E-state index is 13.0. The molecule has 0 bridgehead atoms. The summed E-state index contributed by atoms with van der Waals surface area (Å²) < 4.78 is 68.1. The fourth-order valence-electron chi connectivity index (χ4n) is 9.15. The third kappa shape index (κ3) is 64.7. The predicted octanol–water partition coefficient (Wildman–Crippen LogP) is 19.7. The normalized spacial score (nSPS) is 14.6. The number of rotatable bonds is 66. The molecule has 92 heavy (non-hydrogen) atoms. The van der Waals surface area contributed by atoms with E-state index < -0.39 is 97.5 Å². The molecule has 0 aliphatic heterocycles. The van der Waals surface area contributed by atoms with E-state index in [9.17, 15) is 43.2 Å². The van der Waals surface area contributed by atoms with Gasteiger partial charge in [0.15, 0.2) is 12.2 Å². The summed E-state index contributed by atoms with van der Waals surface area (Å²) in [6.07, 6.45) is 65.7. The van der Waals surface area contributed by atoms with Gasteiger partial charge in [-0.3, -0.25) is 37.3 Å². The highest BCUT2D eigenvalue weighted by atomic mass is 31.2. The zero-order valence-electron chi connectivity index (χ0n) is 57.4. The first-order valence-corrected chi connectivity index (χ1v) is 38.5. The molecule has 5 unspecified atom stereocenters. The Kier molecular flexibility index (Phi) is 62.8. The van der Waals surface area contributed by atoms with Crippen molar-refractivity contribution in [1.82, 2.24) is 0 Å². The molecule has 0 amide bonds. The topological polar surface area (TPSA) is 237 Å². The lowest BCUT2D eigenvalue weighted by molar-refractivity contribution is -0.161. The van der Waals surface area contributed by atoms with Crippen molar-refractivity contribution in [3.63, 3.8) is 0 Å². The average molecular weight is 1340 g/mol. The minimum atomic E-state index is -4.98. The van der Waals surface area contributed by atoms with Crippen LogP contribution in [0, 0.1) is 0 Å². The number of phosphoric acid groups is 2. The lowest BCUT2D eigenvalue weighted by Crippen LogP contribution is -2.30. The SMILES string of the molecule is CC/C=C\C/C=C\C/C=C\C/C=C\CCCCC(=O)OCC(COP(=O)(O)OCC(O)COP(=O)(O)OCC(COC(=O)CCCCCCC/C=C\C/C=C\C/C=C\CC)OC(=O)CCCCCCCCCCCCC)OC(=O)CCCCCCC/C=C\CCCC. The van der Waals surface area contributed by atoms with Crippen LogP contribution in [0.3, 0.4) is 0 Å². The van der Waals surface area contributed by atoms with Crippen LogP contribution in [0.15, 0.2) is 97.2 Å². The second-order valence-electron chi connectivity index (χ2n) is 23.4. The van der Waals surface area contributed by atoms with Gasteiger partial charge >= 0.3 is 39.5 Å². The number of aliphatic hydroxyl groups is 1. The number of esters is 4. The van der Waals surface area contributed by atoms with Crippen LogP contribution in [0.25, 0.3) is 0 Å². The van der Waals surface area contributed by atoms with E-state index >= 15 is 0 Å². The molecule has 0 aromatic rings. The quantitative estimate of drug-likeness (QED) is 0.0169. The molecule has 0 saturated heterocycles. The molecule has 5 atom stereocenters. The van der Waals surface area contributed by atoms with E-state index in [1.165, 1.54) is 51.4 Å². The molecule has 0 heterocycles. The van der Waals surface area contributed by atoms with Crippen molar-refractivity contribution >= 4 is 39.5 Å². The van der Waals surface area contributed by atoms with Crippen LogP contribution in [0.1, 0.15) is 285 Å². The second-order valence-corrected chi connectivity index (χ2v) is 26.3. The molecule has 0 spiro atoms. The molecular weight excluding hydrogens is 1210 g/mol. The van der Waals surface area contributed by atoms with E-state index in [4.69, 9.17) is 37.0 Å². The fourth-order valence-corrected chi connectivity index (χ4v) is 10.7. The van der Waals surface area contributed by atoms with Crippen molar-refractivity contribution in [1.29, 1.82) is 0 Å². The van der Waals surface area contributed by atoms with Crippen LogP contribution < -0.4 is 0 Å². The molecule has 530 valence electrons. The van der Waals surface area contributed by atoms with Gasteiger partial charge in [0.1, 0.15) is 19.3 Å². The van der Waals surface area contributed by atoms with Gasteiger partial charge in [-0.15, -0.1) is 0 Å². The van der Waals surface area contributed by atoms with Crippen molar-refractivity contribution in [2.75, 3.05) is 39.6 Å². The zero-order valence-corrected chi connectivity index (χ0v) is 59.2. The van der Waals surface area contributed by atoms with E-state index in [0.717, 1.165) is 154 Å². The standard InChI is InChI=1S/C73H126O17P2/c1-5-9-13-17-21-25-29-31-33-35-39-41-45-49-53-57-70(75)83-63-68(89-72(77)59-55-51-47-43-37-27-23-19-15-11-7-3)65-87-91(79,80)85-61-67(74)62-86-92(81,82)88-66-69(90-73(78)60-56-52-48-44-38-28-24-20-16-12-8-4)64-84-71(76)58-54-50-46-42-40-36-34-32-30-26-22-18-14-10-6-2/h9-10,13-14,19,21-23,25-26,31-34,39,41,67-69,74H,5-8,11-12,15-18,20,24,27-30,35-38,40,42-66H2,1-4H3,(H,79,80)(H,81,82)/b13-9-,14-10-,23-19-,25-21-,26-22-,33-31-,34-32-,41-39-. The number of unbranched alkanes of at least 4 members (excludes halogenated alkanes) is 24. The minimum absolute atomic E-state index is 0.0750. The van der Waals surface area contributed by atoms with E-state index in [2.05, 4.69) is 125 Å². The van der Waals surface area contributed by atoms with Gasteiger partial charge in [-0.1, -0.05) is 240 Å². The Morgan fingerprint density at radius 3 is 0.935 bits per heavy atom. The van der Waals surface area contributed by atoms with Gasteiger partial charge in [0.25, 0.3) is 0 Å². The van der Waals surface area contributed by atoms with Crippen LogP contribution >= 0.6 is 15.6 Å². The number of hydrogen-bond acceptors (Lipinski definition) is 15. The lowest BCUT2D eigenvalue weighted by atomic mass is 10.1. The Bertz CT molecular complexity index is 2130. The Morgan fingerprint density at radius 2 is 0.576 bits per heavy atom. The Morgan fingerprint density at radius 1 is 0.315 bits per heavy atom. The van der Waals surface area contributed by atoms with Gasteiger partial charge in [-0.25, -0.2) is 9.13 Å². The number of phosphoric ester groups is 2. The Hall–Kier alpha value is -4.02. The van der Waals surface area contributed by atoms with Crippen molar-refractivity contribution < 1.29 is 80.2 Å². The Labute approximate surface area is 557 Å². The summed E-state index contributed by atoms with van der Waals surface area (Å²) >= 11 is 0. The molecule has 19 heteroatoms. The molecule has 3 N–H and O–H groups in total. The number of ether oxygens (including phenoxy) is 4. The molecule has 0 aromatic carbocycles. The number of carbonyl (C=O) groups is 4. The van der Waals surface area contributed by atoms with Crippen molar-refractivity contribution in [3.05, 3.63) is 97.2 Å². The Balaban J connectivity index is 5.34. The summed E-state index contributed by atoms with van der Waals surface area (Å²) in [7, 11) is -9.95. The maximum absolute atomic E-state index is 13.0. The minimum Gasteiger partial charge on any atom is -0.462 e. The van der Waals surface area contributed by atoms with E-state index in [1.807, 2.05) is 0 Å². The molecule has 0 rings (SSSR count). The number of hydrogen-bond donors (Lipinski definition) is 3. The number of aliphatic hydroxyl groups excluding tert-OH is 1. The van der Waals surface area contributed by atoms with Crippen LogP contribution in [0.5, 0.6) is 0 Å². The van der Waals surface area contributed by atoms with Crippen molar-refractivity contribution in [2.24, 2.45) is 0 Å². The van der Waals surface area contributed by atoms with Crippen molar-refractivity contribution in [3.8, 4) is 0 Å². The lowest BCUT2D eigenvalue weighted by Gasteiger charge is -2.21. The van der Waals surface area contributed by atoms with Crippen LogP contribution in [-0.2, 0) is 65.4 Å². The smallest absolute Gasteiger partial charge is 0.462 e. The third-order valence-corrected chi connectivity index (χ3v) is 16.4. The first kappa shape index (κ1) is 88.0. The van der Waals surface area contributed by atoms with Gasteiger partial charge in [-0.2, -0.15) is 0 Å². The summed E-state index contributed by atoms with van der Waals surface area (Å²) in [5, 5.41) is 10.6. The van der Waals surface area contributed by atoms with Gasteiger partial charge in [-0.05, 0) is 116 Å². The van der Waals surface area contributed by atoms with E-state index in [0.29, 0.717) is 25.7 Å². The predicted molar refractivity (Wildman–Crippen MR) is 372 cm³/mol. The van der Waals surface area contributed by atoms with Crippen LogP contribution in [0.2, 0.25) is 0 Å². The highest BCUT2D eigenvalue weighted by Gasteiger charge is 2.30. The van der Waals surface area contributed by atoms with Crippen molar-refractivity contribution in [2.45, 2.75) is 303 Å². The highest BCUT2D eigenvalue weighted by molar-refractivity contribution is 7.47. The van der Waals surface area contributed by atoms with E-state index in [1.54, 1.807) is 0 Å². The summed E-state index contributed by atoms with van der Waals surface area (Å²) in [4.78, 5) is 72.5. The molecule has 0 radical (unpaired) electrons. The maximum Gasteiger partial charge on any atom is 0.472 e. The van der Waals surface area contributed by atoms with Gasteiger partial charge in [0.05, 0.1) is 26.4 Å². The molecule has 17 nitrogen and oxygen atoms in total. The first-order chi connectivity index (χ1) is 44.7. The average Bonchev–Trinajstić information content (AvgIpc) is 2.55. The summed E-state index contributed by atoms with van der Waals surface area (Å²) in [6.45, 7) is 4.51. The third-order valence-electron chi connectivity index (χ3n) is 14.5. The molecule has 0 aromatic heterocycles. The molecule has 0 aliphatic rings. The molecular formula is C73H126O17P2. The van der Waals surface area contributed by atoms with Gasteiger partial charge in [0, 0.05) is 25.7 Å². The summed E-state index contributed by atoms with van der Waals surface area (Å²) in [5.41, 5.74) is 0. The van der Waals surface area contributed by atoms with Gasteiger partial charge < -0.3 is 33.8 Å². The monoisotopic (exact) mass is 1340 g/mol. The largest absolute Gasteiger partial charge is 0.472 e. The number of allylic oxidation sites excluding steroid dienone is 16. The summed E-state index contributed by atoms with van der Waals surface area (Å²) in [5.74, 6) is -2.25. The second kappa shape index (κ2) is 65.6. The molecule has 0 aliphatic carbocycles. The number of carbonyl (C=O) groups excluding carboxylic acids is 4. The van der Waals surface area contributed by atoms with Crippen LogP contribution in [0.4, 0.5) is 0 Å². The highest BCUT2D eigenvalue weighted by Crippen LogP contribution is 2.45. The zero-order chi connectivity index (χ0) is 67.5. The summed E-state index contributed by atoms with van der Waals surface area (Å²) in [6, 6.07) is 0. The van der Waals surface area contributed by atoms with Gasteiger partial charge in [0.2, 0.25) is 0 Å². The first-order valence-electron chi connectivity index (χ1n) is 35.5. The fraction of sp³-hybridized carbons (Fsp3) is 0.726. The van der Waals surface area contributed by atoms with Crippen LogP contribution in [-0.4, -0.2) is 96.7 Å². The molecule has 0 fully saturated rings. The van der Waals surface area contributed by atoms with E-state index in [-0.39, 0.29) is 25.7 Å².